The SMILES string of the molecule is O=C1NC(=NC2CCCC2)S/C1=C\c1ccc(-c2ccccc2)s1. The van der Waals surface area contributed by atoms with Gasteiger partial charge in [-0.25, -0.2) is 0 Å². The first-order chi connectivity index (χ1) is 11.8. The Morgan fingerprint density at radius 2 is 1.88 bits per heavy atom. The van der Waals surface area contributed by atoms with Gasteiger partial charge in [-0.3, -0.25) is 9.79 Å². The second-order valence-electron chi connectivity index (χ2n) is 6.01. The predicted molar refractivity (Wildman–Crippen MR) is 103 cm³/mol. The minimum Gasteiger partial charge on any atom is -0.301 e. The molecule has 1 aromatic heterocycles. The first kappa shape index (κ1) is 15.7. The topological polar surface area (TPSA) is 41.5 Å². The second-order valence-corrected chi connectivity index (χ2v) is 8.15. The Balaban J connectivity index is 1.51. The van der Waals surface area contributed by atoms with Crippen molar-refractivity contribution in [3.8, 4) is 10.4 Å². The molecule has 122 valence electrons. The van der Waals surface area contributed by atoms with Crippen LogP contribution in [0, 0.1) is 0 Å². The van der Waals surface area contributed by atoms with Gasteiger partial charge in [-0.2, -0.15) is 0 Å². The normalized spacial score (nSPS) is 21.8. The van der Waals surface area contributed by atoms with Crippen molar-refractivity contribution in [2.75, 3.05) is 0 Å². The number of thiophene rings is 1. The minimum absolute atomic E-state index is 0.0357. The summed E-state index contributed by atoms with van der Waals surface area (Å²) < 4.78 is 0. The fourth-order valence-corrected chi connectivity index (χ4v) is 4.92. The van der Waals surface area contributed by atoms with E-state index in [4.69, 9.17) is 0 Å². The molecule has 1 saturated heterocycles. The molecule has 2 aromatic rings. The van der Waals surface area contributed by atoms with Gasteiger partial charge in [0.05, 0.1) is 10.9 Å². The quantitative estimate of drug-likeness (QED) is 0.795. The van der Waals surface area contributed by atoms with E-state index in [0.29, 0.717) is 6.04 Å². The molecule has 5 heteroatoms. The molecule has 1 aliphatic heterocycles. The molecule has 0 spiro atoms. The third kappa shape index (κ3) is 3.47. The van der Waals surface area contributed by atoms with Crippen molar-refractivity contribution >= 4 is 40.2 Å². The number of carbonyl (C=O) groups is 1. The number of amidine groups is 1. The molecule has 1 N–H and O–H groups in total. The van der Waals surface area contributed by atoms with Gasteiger partial charge in [0, 0.05) is 9.75 Å². The number of benzene rings is 1. The Labute approximate surface area is 149 Å². The highest BCUT2D eigenvalue weighted by Gasteiger charge is 2.25. The van der Waals surface area contributed by atoms with E-state index in [1.165, 1.54) is 35.0 Å². The van der Waals surface area contributed by atoms with Gasteiger partial charge in [0.2, 0.25) is 0 Å². The lowest BCUT2D eigenvalue weighted by Gasteiger charge is -2.02. The van der Waals surface area contributed by atoms with Gasteiger partial charge in [-0.15, -0.1) is 11.3 Å². The fraction of sp³-hybridized carbons (Fsp3) is 0.263. The van der Waals surface area contributed by atoms with E-state index < -0.39 is 0 Å². The Morgan fingerprint density at radius 1 is 1.08 bits per heavy atom. The van der Waals surface area contributed by atoms with Crippen molar-refractivity contribution in [2.24, 2.45) is 4.99 Å². The highest BCUT2D eigenvalue weighted by molar-refractivity contribution is 8.18. The molecule has 2 aliphatic rings. The number of carbonyl (C=O) groups excluding carboxylic acids is 1. The third-order valence-electron chi connectivity index (χ3n) is 4.23. The van der Waals surface area contributed by atoms with E-state index in [1.807, 2.05) is 24.3 Å². The molecular formula is C19H18N2OS2. The zero-order valence-electron chi connectivity index (χ0n) is 13.2. The largest absolute Gasteiger partial charge is 0.301 e. The monoisotopic (exact) mass is 354 g/mol. The minimum atomic E-state index is -0.0357. The van der Waals surface area contributed by atoms with Crippen LogP contribution < -0.4 is 5.32 Å². The average Bonchev–Trinajstić information content (AvgIpc) is 3.32. The third-order valence-corrected chi connectivity index (χ3v) is 6.24. The number of nitrogens with zero attached hydrogens (tertiary/aromatic N) is 1. The maximum atomic E-state index is 12.2. The molecular weight excluding hydrogens is 336 g/mol. The van der Waals surface area contributed by atoms with E-state index in [1.54, 1.807) is 11.3 Å². The molecule has 0 unspecified atom stereocenters. The molecule has 0 radical (unpaired) electrons. The summed E-state index contributed by atoms with van der Waals surface area (Å²) in [5, 5.41) is 3.66. The number of hydrogen-bond acceptors (Lipinski definition) is 4. The van der Waals surface area contributed by atoms with E-state index in [-0.39, 0.29) is 5.91 Å². The summed E-state index contributed by atoms with van der Waals surface area (Å²) in [4.78, 5) is 19.9. The summed E-state index contributed by atoms with van der Waals surface area (Å²) in [5.41, 5.74) is 1.21. The van der Waals surface area contributed by atoms with E-state index in [2.05, 4.69) is 34.6 Å². The molecule has 4 rings (SSSR count). The first-order valence-corrected chi connectivity index (χ1v) is 9.85. The van der Waals surface area contributed by atoms with Crippen molar-refractivity contribution < 1.29 is 4.79 Å². The van der Waals surface area contributed by atoms with E-state index in [9.17, 15) is 4.79 Å². The maximum Gasteiger partial charge on any atom is 0.264 e. The summed E-state index contributed by atoms with van der Waals surface area (Å²) in [6.07, 6.45) is 6.75. The second kappa shape index (κ2) is 6.95. The molecule has 0 atom stereocenters. The van der Waals surface area contributed by atoms with Crippen LogP contribution in [0.3, 0.4) is 0 Å². The lowest BCUT2D eigenvalue weighted by molar-refractivity contribution is -0.115. The molecule has 1 aliphatic carbocycles. The van der Waals surface area contributed by atoms with Crippen LogP contribution in [0.4, 0.5) is 0 Å². The zero-order chi connectivity index (χ0) is 16.4. The van der Waals surface area contributed by atoms with Crippen LogP contribution in [0.5, 0.6) is 0 Å². The van der Waals surface area contributed by atoms with E-state index in [0.717, 1.165) is 27.8 Å². The predicted octanol–water partition coefficient (Wildman–Crippen LogP) is 4.92. The number of nitrogens with one attached hydrogen (secondary N) is 1. The Bertz CT molecular complexity index is 802. The van der Waals surface area contributed by atoms with Gasteiger partial charge >= 0.3 is 0 Å². The van der Waals surface area contributed by atoms with Crippen LogP contribution in [0.25, 0.3) is 16.5 Å². The van der Waals surface area contributed by atoms with Crippen molar-refractivity contribution in [2.45, 2.75) is 31.7 Å². The smallest absolute Gasteiger partial charge is 0.264 e. The maximum absolute atomic E-state index is 12.2. The van der Waals surface area contributed by atoms with Gasteiger partial charge < -0.3 is 5.32 Å². The number of amides is 1. The number of rotatable bonds is 3. The molecule has 24 heavy (non-hydrogen) atoms. The Kier molecular flexibility index (Phi) is 4.54. The summed E-state index contributed by atoms with van der Waals surface area (Å²) in [7, 11) is 0. The van der Waals surface area contributed by atoms with Gasteiger partial charge in [0.25, 0.3) is 5.91 Å². The number of hydrogen-bond donors (Lipinski definition) is 1. The van der Waals surface area contributed by atoms with Crippen LogP contribution in [-0.2, 0) is 4.79 Å². The molecule has 1 amide bonds. The lowest BCUT2D eigenvalue weighted by atomic mass is 10.2. The zero-order valence-corrected chi connectivity index (χ0v) is 14.8. The van der Waals surface area contributed by atoms with Crippen LogP contribution in [0.15, 0.2) is 52.4 Å². The van der Waals surface area contributed by atoms with Crippen LogP contribution >= 0.6 is 23.1 Å². The summed E-state index contributed by atoms with van der Waals surface area (Å²) >= 11 is 3.16. The Morgan fingerprint density at radius 3 is 2.67 bits per heavy atom. The fourth-order valence-electron chi connectivity index (χ4n) is 3.00. The number of aliphatic imine (C=N–C) groups is 1. The van der Waals surface area contributed by atoms with Crippen molar-refractivity contribution in [3.63, 3.8) is 0 Å². The van der Waals surface area contributed by atoms with Gasteiger partial charge in [-0.1, -0.05) is 43.2 Å². The van der Waals surface area contributed by atoms with Crippen LogP contribution in [-0.4, -0.2) is 17.1 Å². The van der Waals surface area contributed by atoms with Gasteiger partial charge in [0.15, 0.2) is 5.17 Å². The van der Waals surface area contributed by atoms with Crippen molar-refractivity contribution in [1.29, 1.82) is 0 Å². The number of thioether (sulfide) groups is 1. The standard InChI is InChI=1S/C19H18N2OS2/c22-18-17(24-19(21-18)20-14-8-4-5-9-14)12-15-10-11-16(23-15)13-6-2-1-3-7-13/h1-3,6-7,10-12,14H,4-5,8-9H2,(H,20,21,22)/b17-12-. The van der Waals surface area contributed by atoms with Gasteiger partial charge in [-0.05, 0) is 48.4 Å². The Hall–Kier alpha value is -1.85. The van der Waals surface area contributed by atoms with Crippen molar-refractivity contribution in [3.05, 3.63) is 52.2 Å². The van der Waals surface area contributed by atoms with E-state index >= 15 is 0 Å². The summed E-state index contributed by atoms with van der Waals surface area (Å²) in [5.74, 6) is -0.0357. The molecule has 2 fully saturated rings. The molecule has 1 aromatic carbocycles. The van der Waals surface area contributed by atoms with Crippen LogP contribution in [0.2, 0.25) is 0 Å². The average molecular weight is 355 g/mol. The molecule has 3 nitrogen and oxygen atoms in total. The highest BCUT2D eigenvalue weighted by atomic mass is 32.2. The molecule has 2 heterocycles. The van der Waals surface area contributed by atoms with Crippen LogP contribution in [0.1, 0.15) is 30.6 Å². The van der Waals surface area contributed by atoms with Gasteiger partial charge in [0.1, 0.15) is 0 Å². The molecule has 1 saturated carbocycles. The highest BCUT2D eigenvalue weighted by Crippen LogP contribution is 2.33. The lowest BCUT2D eigenvalue weighted by Crippen LogP contribution is -2.21. The van der Waals surface area contributed by atoms with Crippen molar-refractivity contribution in [1.82, 2.24) is 5.32 Å². The summed E-state index contributed by atoms with van der Waals surface area (Å²) in [6.45, 7) is 0. The first-order valence-electron chi connectivity index (χ1n) is 8.22. The summed E-state index contributed by atoms with van der Waals surface area (Å²) in [6, 6.07) is 14.9. The molecule has 0 bridgehead atoms.